The third-order valence-electron chi connectivity index (χ3n) is 5.18. The van der Waals surface area contributed by atoms with Crippen LogP contribution < -0.4 is 16.5 Å². The number of nitrogens with two attached hydrogens (primary N) is 1. The molecule has 0 radical (unpaired) electrons. The molecular weight excluding hydrogens is 457 g/mol. The summed E-state index contributed by atoms with van der Waals surface area (Å²) in [5, 5.41) is 3.25. The lowest BCUT2D eigenvalue weighted by Gasteiger charge is -2.20. The van der Waals surface area contributed by atoms with E-state index in [4.69, 9.17) is 21.8 Å². The van der Waals surface area contributed by atoms with E-state index in [2.05, 4.69) is 15.3 Å². The van der Waals surface area contributed by atoms with Crippen molar-refractivity contribution in [1.82, 2.24) is 4.98 Å². The zero-order valence-corrected chi connectivity index (χ0v) is 19.1. The molecule has 0 spiro atoms. The summed E-state index contributed by atoms with van der Waals surface area (Å²) < 4.78 is 47.0. The summed E-state index contributed by atoms with van der Waals surface area (Å²) >= 11 is 5.90. The molecule has 0 saturated carbocycles. The topological polar surface area (TPSA) is 93.5 Å². The van der Waals surface area contributed by atoms with E-state index < -0.39 is 23.2 Å². The molecule has 0 fully saturated rings. The predicted molar refractivity (Wildman–Crippen MR) is 125 cm³/mol. The molecule has 33 heavy (non-hydrogen) atoms. The molecule has 0 aliphatic heterocycles. The van der Waals surface area contributed by atoms with Crippen molar-refractivity contribution in [2.75, 3.05) is 12.4 Å². The number of halogens is 4. The molecule has 10 heteroatoms. The van der Waals surface area contributed by atoms with Crippen LogP contribution in [0.25, 0.3) is 16.5 Å². The molecule has 0 amide bonds. The van der Waals surface area contributed by atoms with Gasteiger partial charge in [-0.2, -0.15) is 13.2 Å². The van der Waals surface area contributed by atoms with E-state index in [1.165, 1.54) is 26.4 Å². The number of nitrogens with zero attached hydrogens (tertiary/aromatic N) is 2. The molecule has 6 nitrogen and oxygen atoms in total. The predicted octanol–water partition coefficient (Wildman–Crippen LogP) is 5.65. The van der Waals surface area contributed by atoms with Crippen molar-refractivity contribution in [2.24, 2.45) is 10.7 Å². The second-order valence-electron chi connectivity index (χ2n) is 7.47. The first-order chi connectivity index (χ1) is 15.5. The second-order valence-corrected chi connectivity index (χ2v) is 7.85. The summed E-state index contributed by atoms with van der Waals surface area (Å²) in [6, 6.07) is 4.34. The number of aromatic nitrogens is 1. The van der Waals surface area contributed by atoms with Gasteiger partial charge in [0.2, 0.25) is 0 Å². The molecule has 0 aliphatic rings. The quantitative estimate of drug-likeness (QED) is 0.365. The first-order valence-corrected chi connectivity index (χ1v) is 10.3. The summed E-state index contributed by atoms with van der Waals surface area (Å²) in [4.78, 5) is 21.1. The first kappa shape index (κ1) is 24.3. The minimum absolute atomic E-state index is 0.0250. The number of allylic oxidation sites excluding steroid dienone is 1. The Morgan fingerprint density at radius 2 is 2.00 bits per heavy atom. The van der Waals surface area contributed by atoms with E-state index in [0.717, 1.165) is 12.1 Å². The summed E-state index contributed by atoms with van der Waals surface area (Å²) in [5.74, 6) is 0.137. The van der Waals surface area contributed by atoms with Gasteiger partial charge in [-0.15, -0.1) is 0 Å². The minimum Gasteiger partial charge on any atom is -0.455 e. The summed E-state index contributed by atoms with van der Waals surface area (Å²) in [5.41, 5.74) is 5.91. The monoisotopic (exact) mass is 478 g/mol. The zero-order chi connectivity index (χ0) is 24.5. The molecule has 1 unspecified atom stereocenters. The minimum atomic E-state index is -4.66. The van der Waals surface area contributed by atoms with Gasteiger partial charge in [0.15, 0.2) is 5.43 Å². The fraction of sp³-hybridized carbons (Fsp3) is 0.261. The number of nitrogens with one attached hydrogen (secondary N) is 1. The maximum atomic E-state index is 13.7. The SMILES string of the molecule is CN=C/C(=C\N)c1oc2c(C(C)Nc3ccc(Cl)nc3C)cc(C(F)(F)F)cc2c(=O)c1C. The van der Waals surface area contributed by atoms with E-state index in [1.807, 2.05) is 0 Å². The Morgan fingerprint density at radius 3 is 2.58 bits per heavy atom. The van der Waals surface area contributed by atoms with Gasteiger partial charge in [-0.1, -0.05) is 11.6 Å². The number of rotatable bonds is 5. The van der Waals surface area contributed by atoms with Crippen LogP contribution in [0.1, 0.15) is 41.1 Å². The molecule has 3 aromatic rings. The second kappa shape index (κ2) is 9.27. The van der Waals surface area contributed by atoms with Gasteiger partial charge < -0.3 is 15.5 Å². The molecule has 3 rings (SSSR count). The van der Waals surface area contributed by atoms with Crippen LogP contribution in [0.2, 0.25) is 5.15 Å². The van der Waals surface area contributed by atoms with Gasteiger partial charge in [0.1, 0.15) is 16.5 Å². The highest BCUT2D eigenvalue weighted by Crippen LogP contribution is 2.36. The molecule has 1 atom stereocenters. The van der Waals surface area contributed by atoms with E-state index in [9.17, 15) is 18.0 Å². The van der Waals surface area contributed by atoms with Gasteiger partial charge >= 0.3 is 6.18 Å². The van der Waals surface area contributed by atoms with Crippen LogP contribution in [-0.2, 0) is 6.18 Å². The lowest BCUT2D eigenvalue weighted by molar-refractivity contribution is -0.137. The van der Waals surface area contributed by atoms with Crippen molar-refractivity contribution in [3.05, 3.63) is 74.0 Å². The fourth-order valence-electron chi connectivity index (χ4n) is 3.49. The van der Waals surface area contributed by atoms with Crippen molar-refractivity contribution >= 4 is 40.0 Å². The third-order valence-corrected chi connectivity index (χ3v) is 5.39. The largest absolute Gasteiger partial charge is 0.455 e. The molecular formula is C23H22ClF3N4O2. The van der Waals surface area contributed by atoms with Crippen molar-refractivity contribution in [3.63, 3.8) is 0 Å². The number of hydrogen-bond acceptors (Lipinski definition) is 6. The first-order valence-electron chi connectivity index (χ1n) is 9.90. The van der Waals surface area contributed by atoms with Crippen molar-refractivity contribution < 1.29 is 17.6 Å². The molecule has 1 aromatic carbocycles. The highest BCUT2D eigenvalue weighted by molar-refractivity contribution is 6.29. The summed E-state index contributed by atoms with van der Waals surface area (Å²) in [7, 11) is 1.52. The van der Waals surface area contributed by atoms with Crippen molar-refractivity contribution in [2.45, 2.75) is 33.0 Å². The van der Waals surface area contributed by atoms with Gasteiger partial charge in [-0.05, 0) is 45.0 Å². The zero-order valence-electron chi connectivity index (χ0n) is 18.3. The van der Waals surface area contributed by atoms with E-state index in [0.29, 0.717) is 22.1 Å². The fourth-order valence-corrected chi connectivity index (χ4v) is 3.68. The number of aryl methyl sites for hydroxylation is 1. The number of aliphatic imine (C=N–C) groups is 1. The van der Waals surface area contributed by atoms with Crippen molar-refractivity contribution in [3.8, 4) is 0 Å². The molecule has 0 saturated heterocycles. The molecule has 3 N–H and O–H groups in total. The Kier molecular flexibility index (Phi) is 6.83. The van der Waals surface area contributed by atoms with Crippen LogP contribution >= 0.6 is 11.6 Å². The standard InChI is InChI=1S/C23H22ClF3N4O2/c1-11-20(32)17-8-15(23(25,26)27)7-16(22(17)33-21(11)14(9-28)10-29-4)12(2)30-18-5-6-19(24)31-13(18)3/h5-10,12,30H,28H2,1-4H3/b14-9+,29-10?. The number of fused-ring (bicyclic) bond motifs is 1. The Labute approximate surface area is 193 Å². The average Bonchev–Trinajstić information content (AvgIpc) is 2.75. The van der Waals surface area contributed by atoms with E-state index in [-0.39, 0.29) is 27.9 Å². The van der Waals surface area contributed by atoms with Crippen LogP contribution in [0.5, 0.6) is 0 Å². The van der Waals surface area contributed by atoms with Crippen LogP contribution in [0, 0.1) is 13.8 Å². The molecule has 2 heterocycles. The lowest BCUT2D eigenvalue weighted by Crippen LogP contribution is -2.16. The van der Waals surface area contributed by atoms with Crippen LogP contribution in [-0.4, -0.2) is 18.2 Å². The van der Waals surface area contributed by atoms with Gasteiger partial charge in [0.05, 0.1) is 33.9 Å². The summed E-state index contributed by atoms with van der Waals surface area (Å²) in [6.45, 7) is 4.85. The highest BCUT2D eigenvalue weighted by Gasteiger charge is 2.33. The van der Waals surface area contributed by atoms with E-state index >= 15 is 0 Å². The number of anilines is 1. The Hall–Kier alpha value is -3.33. The van der Waals surface area contributed by atoms with Crippen LogP contribution in [0.15, 0.2) is 44.7 Å². The Bertz CT molecular complexity index is 1330. The van der Waals surface area contributed by atoms with E-state index in [1.54, 1.807) is 26.0 Å². The molecule has 0 bridgehead atoms. The van der Waals surface area contributed by atoms with Crippen molar-refractivity contribution in [1.29, 1.82) is 0 Å². The maximum absolute atomic E-state index is 13.7. The van der Waals surface area contributed by atoms with Gasteiger partial charge in [0.25, 0.3) is 0 Å². The Morgan fingerprint density at radius 1 is 1.30 bits per heavy atom. The smallest absolute Gasteiger partial charge is 0.416 e. The number of hydrogen-bond donors (Lipinski definition) is 2. The highest BCUT2D eigenvalue weighted by atomic mass is 35.5. The van der Waals surface area contributed by atoms with Gasteiger partial charge in [0, 0.05) is 30.6 Å². The maximum Gasteiger partial charge on any atom is 0.416 e. The normalized spacial score (nSPS) is 13.6. The molecule has 2 aromatic heterocycles. The number of pyridine rings is 1. The van der Waals surface area contributed by atoms with Crippen LogP contribution in [0.3, 0.4) is 0 Å². The third kappa shape index (κ3) is 4.88. The lowest BCUT2D eigenvalue weighted by atomic mass is 9.98. The van der Waals surface area contributed by atoms with Gasteiger partial charge in [-0.25, -0.2) is 4.98 Å². The number of benzene rings is 1. The van der Waals surface area contributed by atoms with Gasteiger partial charge in [-0.3, -0.25) is 9.79 Å². The molecule has 174 valence electrons. The number of alkyl halides is 3. The van der Waals surface area contributed by atoms with Crippen LogP contribution in [0.4, 0.5) is 18.9 Å². The Balaban J connectivity index is 2.30. The average molecular weight is 479 g/mol. The summed E-state index contributed by atoms with van der Waals surface area (Å²) in [6.07, 6.45) is -2.03. The molecule has 0 aliphatic carbocycles.